The minimum absolute atomic E-state index is 0.0775. The number of phosphoric acid groups is 1. The largest absolute Gasteiger partial charge is 0.472 e. The van der Waals surface area contributed by atoms with E-state index in [0.717, 1.165) is 44.9 Å². The molecule has 9 heteroatoms. The van der Waals surface area contributed by atoms with Gasteiger partial charge in [-0.25, -0.2) is 4.57 Å². The monoisotopic (exact) mass is 1050 g/mol. The molecule has 0 aliphatic heterocycles. The molecule has 3 unspecified atom stereocenters. The van der Waals surface area contributed by atoms with Gasteiger partial charge in [0.2, 0.25) is 5.91 Å². The van der Waals surface area contributed by atoms with Gasteiger partial charge in [0.05, 0.1) is 39.9 Å². The highest BCUT2D eigenvalue weighted by atomic mass is 31.2. The van der Waals surface area contributed by atoms with Crippen LogP contribution in [0.1, 0.15) is 328 Å². The van der Waals surface area contributed by atoms with E-state index in [9.17, 15) is 19.4 Å². The maximum Gasteiger partial charge on any atom is 0.472 e. The molecule has 0 aromatic heterocycles. The van der Waals surface area contributed by atoms with Gasteiger partial charge in [-0.2, -0.15) is 0 Å². The van der Waals surface area contributed by atoms with Gasteiger partial charge < -0.3 is 19.8 Å². The van der Waals surface area contributed by atoms with Gasteiger partial charge in [-0.3, -0.25) is 13.8 Å². The van der Waals surface area contributed by atoms with Crippen molar-refractivity contribution in [3.05, 3.63) is 24.3 Å². The molecule has 0 rings (SSSR count). The molecule has 1 amide bonds. The predicted octanol–water partition coefficient (Wildman–Crippen LogP) is 19.9. The molecule has 0 aliphatic carbocycles. The quantitative estimate of drug-likeness (QED) is 0.0243. The molecule has 0 spiro atoms. The zero-order valence-electron chi connectivity index (χ0n) is 49.7. The Morgan fingerprint density at radius 1 is 0.466 bits per heavy atom. The number of nitrogens with one attached hydrogen (secondary N) is 1. The third-order valence-electron chi connectivity index (χ3n) is 15.0. The average molecular weight is 1050 g/mol. The topological polar surface area (TPSA) is 105 Å². The van der Waals surface area contributed by atoms with Crippen molar-refractivity contribution in [2.75, 3.05) is 40.9 Å². The Bertz CT molecular complexity index is 1240. The number of aliphatic hydroxyl groups is 1. The first-order valence-electron chi connectivity index (χ1n) is 32.2. The molecule has 0 aromatic carbocycles. The van der Waals surface area contributed by atoms with Crippen molar-refractivity contribution in [3.8, 4) is 0 Å². The number of allylic oxidation sites excluding steroid dienone is 4. The fourth-order valence-electron chi connectivity index (χ4n) is 9.90. The first-order chi connectivity index (χ1) is 35.5. The van der Waals surface area contributed by atoms with Crippen LogP contribution in [0.5, 0.6) is 0 Å². The molecule has 0 radical (unpaired) electrons. The lowest BCUT2D eigenvalue weighted by molar-refractivity contribution is -0.870. The number of quaternary nitrogens is 1. The van der Waals surface area contributed by atoms with E-state index >= 15 is 0 Å². The van der Waals surface area contributed by atoms with Crippen LogP contribution in [-0.2, 0) is 18.4 Å². The van der Waals surface area contributed by atoms with E-state index in [1.54, 1.807) is 0 Å². The number of hydrogen-bond acceptors (Lipinski definition) is 5. The van der Waals surface area contributed by atoms with E-state index in [0.29, 0.717) is 23.9 Å². The van der Waals surface area contributed by atoms with Crippen molar-refractivity contribution in [1.82, 2.24) is 5.32 Å². The van der Waals surface area contributed by atoms with Crippen LogP contribution in [0.25, 0.3) is 0 Å². The van der Waals surface area contributed by atoms with Crippen molar-refractivity contribution >= 4 is 13.7 Å². The molecule has 8 nitrogen and oxygen atoms in total. The third kappa shape index (κ3) is 58.5. The predicted molar refractivity (Wildman–Crippen MR) is 318 cm³/mol. The number of rotatable bonds is 60. The number of carbonyl (C=O) groups is 1. The summed E-state index contributed by atoms with van der Waals surface area (Å²) in [4.78, 5) is 23.3. The van der Waals surface area contributed by atoms with E-state index in [1.165, 1.54) is 257 Å². The van der Waals surface area contributed by atoms with Crippen molar-refractivity contribution in [3.63, 3.8) is 0 Å². The summed E-state index contributed by atoms with van der Waals surface area (Å²) < 4.78 is 23.7. The number of unbranched alkanes of at least 4 members (excludes halogenated alkanes) is 43. The number of nitrogens with zero attached hydrogens (tertiary/aromatic N) is 1. The average Bonchev–Trinajstić information content (AvgIpc) is 3.35. The Morgan fingerprint density at radius 3 is 1.12 bits per heavy atom. The highest BCUT2D eigenvalue weighted by molar-refractivity contribution is 7.47. The van der Waals surface area contributed by atoms with Crippen LogP contribution in [0.15, 0.2) is 24.3 Å². The molecule has 0 saturated carbocycles. The molecule has 3 atom stereocenters. The number of likely N-dealkylation sites (N-methyl/N-ethyl adjacent to an activating group) is 1. The number of carbonyl (C=O) groups excluding carboxylic acids is 1. The van der Waals surface area contributed by atoms with Gasteiger partial charge in [0.1, 0.15) is 13.2 Å². The molecule has 0 aliphatic rings. The van der Waals surface area contributed by atoms with E-state index < -0.39 is 20.0 Å². The van der Waals surface area contributed by atoms with Gasteiger partial charge >= 0.3 is 7.82 Å². The Kier molecular flexibility index (Phi) is 54.9. The van der Waals surface area contributed by atoms with Crippen LogP contribution in [-0.4, -0.2) is 73.4 Å². The molecular formula is C64H128N2O6P+. The summed E-state index contributed by atoms with van der Waals surface area (Å²) in [6, 6.07) is -0.755. The lowest BCUT2D eigenvalue weighted by atomic mass is 10.0. The molecule has 0 aromatic rings. The van der Waals surface area contributed by atoms with Gasteiger partial charge in [0.25, 0.3) is 0 Å². The molecule has 0 heterocycles. The summed E-state index contributed by atoms with van der Waals surface area (Å²) in [5, 5.41) is 14.0. The zero-order valence-corrected chi connectivity index (χ0v) is 50.5. The number of amides is 1. The van der Waals surface area contributed by atoms with Gasteiger partial charge in [-0.05, 0) is 44.9 Å². The first kappa shape index (κ1) is 72.0. The van der Waals surface area contributed by atoms with Crippen LogP contribution in [0, 0.1) is 0 Å². The second-order valence-corrected chi connectivity index (χ2v) is 25.0. The van der Waals surface area contributed by atoms with Crippen LogP contribution in [0.2, 0.25) is 0 Å². The normalized spacial score (nSPS) is 13.9. The highest BCUT2D eigenvalue weighted by Gasteiger charge is 2.28. The summed E-state index contributed by atoms with van der Waals surface area (Å²) in [7, 11) is 1.63. The molecule has 0 saturated heterocycles. The van der Waals surface area contributed by atoms with Gasteiger partial charge in [-0.1, -0.05) is 301 Å². The smallest absolute Gasteiger partial charge is 0.391 e. The second-order valence-electron chi connectivity index (χ2n) is 23.5. The van der Waals surface area contributed by atoms with Gasteiger partial charge in [-0.15, -0.1) is 0 Å². The molecule has 0 fully saturated rings. The van der Waals surface area contributed by atoms with Crippen molar-refractivity contribution in [1.29, 1.82) is 0 Å². The van der Waals surface area contributed by atoms with Gasteiger partial charge in [0.15, 0.2) is 0 Å². The molecule has 0 bridgehead atoms. The summed E-state index contributed by atoms with van der Waals surface area (Å²) in [5.41, 5.74) is 0. The number of phosphoric ester groups is 1. The number of hydrogen-bond donors (Lipinski definition) is 3. The lowest BCUT2D eigenvalue weighted by Gasteiger charge is -2.26. The molecule has 73 heavy (non-hydrogen) atoms. The van der Waals surface area contributed by atoms with Crippen LogP contribution in [0.3, 0.4) is 0 Å². The Labute approximate surface area is 455 Å². The number of aliphatic hydroxyl groups excluding tert-OH is 1. The van der Waals surface area contributed by atoms with E-state index in [1.807, 2.05) is 21.1 Å². The summed E-state index contributed by atoms with van der Waals surface area (Å²) >= 11 is 0. The standard InChI is InChI=1S/C64H127N2O6P/c1-6-8-10-12-14-16-18-19-20-21-22-23-24-25-26-27-28-29-30-31-32-33-34-35-36-37-38-39-40-41-42-43-44-45-46-47-48-50-52-54-56-58-64(68)65-62(61-72-73(69,70)71-60-59-66(3,4)5)63(67)57-55-53-51-49-17-15-13-11-9-7-2/h18-19,21-22,62-63,67H,6-17,20,23-61H2,1-5H3,(H-,65,68,69,70)/p+1/b19-18-,22-21-. The Morgan fingerprint density at radius 2 is 0.781 bits per heavy atom. The molecular weight excluding hydrogens is 924 g/mol. The Hall–Kier alpha value is -1.02. The van der Waals surface area contributed by atoms with E-state index in [-0.39, 0.29) is 19.1 Å². The fourth-order valence-corrected chi connectivity index (χ4v) is 10.6. The van der Waals surface area contributed by atoms with Crippen molar-refractivity contribution < 1.29 is 32.9 Å². The van der Waals surface area contributed by atoms with Crippen molar-refractivity contribution in [2.45, 2.75) is 341 Å². The van der Waals surface area contributed by atoms with Crippen LogP contribution in [0.4, 0.5) is 0 Å². The minimum Gasteiger partial charge on any atom is -0.391 e. The maximum atomic E-state index is 13.0. The zero-order chi connectivity index (χ0) is 53.5. The second kappa shape index (κ2) is 55.7. The van der Waals surface area contributed by atoms with Crippen molar-refractivity contribution in [2.24, 2.45) is 0 Å². The lowest BCUT2D eigenvalue weighted by Crippen LogP contribution is -2.46. The van der Waals surface area contributed by atoms with Crippen LogP contribution >= 0.6 is 7.82 Å². The summed E-state index contributed by atoms with van der Waals surface area (Å²) in [6.07, 6.45) is 71.6. The van der Waals surface area contributed by atoms with E-state index in [2.05, 4.69) is 43.5 Å². The first-order valence-corrected chi connectivity index (χ1v) is 33.7. The SMILES string of the molecule is CCCCCCC/C=C\C/C=C\CCCCCCCCCCCCCCCCCCCCCCCCCCCCCCCC(=O)NC(COP(=O)(O)OCC[N+](C)(C)C)C(O)CCCCCCCCCCCC. The fraction of sp³-hybridized carbons (Fsp3) is 0.922. The van der Waals surface area contributed by atoms with Gasteiger partial charge in [0, 0.05) is 6.42 Å². The molecule has 3 N–H and O–H groups in total. The third-order valence-corrected chi connectivity index (χ3v) is 15.9. The Balaban J connectivity index is 3.74. The van der Waals surface area contributed by atoms with Crippen LogP contribution < -0.4 is 5.32 Å². The minimum atomic E-state index is -4.31. The summed E-state index contributed by atoms with van der Waals surface area (Å²) in [6.45, 7) is 4.89. The highest BCUT2D eigenvalue weighted by Crippen LogP contribution is 2.43. The molecule has 434 valence electrons. The summed E-state index contributed by atoms with van der Waals surface area (Å²) in [5.74, 6) is -0.139. The van der Waals surface area contributed by atoms with E-state index in [4.69, 9.17) is 9.05 Å². The maximum absolute atomic E-state index is 13.0.